The van der Waals surface area contributed by atoms with Crippen LogP contribution in [0.2, 0.25) is 0 Å². The van der Waals surface area contributed by atoms with E-state index >= 15 is 0 Å². The molecule has 22 heavy (non-hydrogen) atoms. The number of rotatable bonds is 0. The topological polar surface area (TPSA) is 85.4 Å². The number of hydrogen-bond acceptors (Lipinski definition) is 6. The predicted octanol–water partition coefficient (Wildman–Crippen LogP) is 0.106. The summed E-state index contributed by atoms with van der Waals surface area (Å²) in [4.78, 5) is 24.2. The van der Waals surface area contributed by atoms with Crippen molar-refractivity contribution in [2.75, 3.05) is 6.61 Å². The lowest BCUT2D eigenvalue weighted by atomic mass is 9.49. The average Bonchev–Trinajstić information content (AvgIpc) is 3.12. The van der Waals surface area contributed by atoms with Crippen LogP contribution in [0.5, 0.6) is 0 Å². The van der Waals surface area contributed by atoms with Crippen LogP contribution < -0.4 is 0 Å². The molecule has 6 heteroatoms. The van der Waals surface area contributed by atoms with Gasteiger partial charge in [-0.05, 0) is 12.5 Å². The summed E-state index contributed by atoms with van der Waals surface area (Å²) in [5.41, 5.74) is -1.41. The van der Waals surface area contributed by atoms with Crippen LogP contribution >= 0.6 is 0 Å². The number of carbonyl (C=O) groups is 2. The van der Waals surface area contributed by atoms with Gasteiger partial charge in [-0.1, -0.05) is 19.1 Å². The van der Waals surface area contributed by atoms with E-state index in [1.54, 1.807) is 13.0 Å². The number of fused-ring (bicyclic) bond motifs is 2. The molecule has 2 aliphatic carbocycles. The summed E-state index contributed by atoms with van der Waals surface area (Å²) >= 11 is 0. The van der Waals surface area contributed by atoms with Gasteiger partial charge in [-0.15, -0.1) is 0 Å². The second-order valence-electron chi connectivity index (χ2n) is 7.31. The van der Waals surface area contributed by atoms with Gasteiger partial charge in [0.2, 0.25) is 0 Å². The van der Waals surface area contributed by atoms with Crippen LogP contribution in [0.3, 0.4) is 0 Å². The Hall–Kier alpha value is -1.66. The number of aliphatic hydroxyl groups excluding tert-OH is 1. The highest BCUT2D eigenvalue weighted by Crippen LogP contribution is 2.69. The minimum Gasteiger partial charge on any atom is -0.459 e. The number of allylic oxidation sites excluding steroid dienone is 1. The first-order chi connectivity index (χ1) is 10.3. The van der Waals surface area contributed by atoms with Crippen LogP contribution in [0, 0.1) is 16.7 Å². The molecule has 5 rings (SSSR count). The Morgan fingerprint density at radius 2 is 2.09 bits per heavy atom. The molecule has 3 heterocycles. The van der Waals surface area contributed by atoms with Crippen molar-refractivity contribution in [1.82, 2.24) is 0 Å². The van der Waals surface area contributed by atoms with E-state index in [0.29, 0.717) is 0 Å². The largest absolute Gasteiger partial charge is 0.459 e. The molecular formula is C16H16O6. The van der Waals surface area contributed by atoms with E-state index < -0.39 is 34.6 Å². The molecule has 116 valence electrons. The molecule has 2 saturated heterocycles. The molecule has 0 bridgehead atoms. The maximum absolute atomic E-state index is 12.5. The van der Waals surface area contributed by atoms with Crippen LogP contribution in [-0.2, 0) is 23.8 Å². The number of ether oxygens (including phenoxy) is 3. The Bertz CT molecular complexity index is 695. The zero-order valence-corrected chi connectivity index (χ0v) is 12.2. The van der Waals surface area contributed by atoms with E-state index in [9.17, 15) is 14.7 Å². The molecule has 7 atom stereocenters. The van der Waals surface area contributed by atoms with Crippen molar-refractivity contribution in [1.29, 1.82) is 0 Å². The van der Waals surface area contributed by atoms with Crippen LogP contribution in [0.15, 0.2) is 23.8 Å². The molecule has 5 aliphatic rings. The maximum atomic E-state index is 12.5. The van der Waals surface area contributed by atoms with Gasteiger partial charge in [0.15, 0.2) is 5.60 Å². The molecule has 3 aliphatic heterocycles. The molecule has 0 aromatic carbocycles. The third-order valence-corrected chi connectivity index (χ3v) is 6.31. The smallest absolute Gasteiger partial charge is 0.330 e. The molecule has 1 N–H and O–H groups in total. The van der Waals surface area contributed by atoms with Crippen molar-refractivity contribution in [2.24, 2.45) is 16.7 Å². The quantitative estimate of drug-likeness (QED) is 0.388. The Morgan fingerprint density at radius 1 is 1.32 bits per heavy atom. The fraction of sp³-hybridized carbons (Fsp3) is 0.625. The van der Waals surface area contributed by atoms with Gasteiger partial charge in [0.25, 0.3) is 0 Å². The highest BCUT2D eigenvalue weighted by Gasteiger charge is 2.81. The van der Waals surface area contributed by atoms with E-state index in [2.05, 4.69) is 0 Å². The van der Waals surface area contributed by atoms with Gasteiger partial charge in [-0.25, -0.2) is 4.79 Å². The predicted molar refractivity (Wildman–Crippen MR) is 71.4 cm³/mol. The van der Waals surface area contributed by atoms with Crippen molar-refractivity contribution >= 4 is 11.9 Å². The van der Waals surface area contributed by atoms with E-state index in [4.69, 9.17) is 14.2 Å². The standard InChI is InChI=1S/C16H16O6/c1-14-4-3-8(17)15(2)11(14)10(21-13(15)19)12-16(22-12)6-20-9(18)5-7(14)16/h3-5,8,10-12,17H,6H2,1-2H3/t8-,10-,11?,12+,14+,15-,16-/m0/s1. The summed E-state index contributed by atoms with van der Waals surface area (Å²) in [5, 5.41) is 10.4. The fourth-order valence-electron chi connectivity index (χ4n) is 5.15. The summed E-state index contributed by atoms with van der Waals surface area (Å²) in [6.07, 6.45) is 3.40. The molecule has 0 amide bonds. The second-order valence-corrected chi connectivity index (χ2v) is 7.31. The molecule has 1 saturated carbocycles. The highest BCUT2D eigenvalue weighted by molar-refractivity contribution is 5.87. The van der Waals surface area contributed by atoms with Gasteiger partial charge >= 0.3 is 11.9 Å². The lowest BCUT2D eigenvalue weighted by Gasteiger charge is -2.51. The lowest BCUT2D eigenvalue weighted by Crippen LogP contribution is -2.59. The number of carbonyl (C=O) groups excluding carboxylic acids is 2. The summed E-state index contributed by atoms with van der Waals surface area (Å²) < 4.78 is 16.6. The number of epoxide rings is 1. The van der Waals surface area contributed by atoms with Crippen molar-refractivity contribution in [3.63, 3.8) is 0 Å². The SMILES string of the molecule is C[C@]12C=C[C@H](O)[C@]3(C)C(=O)O[C@@H](C13)[C@H]1O[C@]13COC(=O)C=C32. The van der Waals surface area contributed by atoms with Gasteiger partial charge in [-0.2, -0.15) is 0 Å². The lowest BCUT2D eigenvalue weighted by molar-refractivity contribution is -0.152. The molecule has 1 spiro atoms. The van der Waals surface area contributed by atoms with Gasteiger partial charge in [0.1, 0.15) is 24.2 Å². The Labute approximate surface area is 126 Å². The summed E-state index contributed by atoms with van der Waals surface area (Å²) in [6.45, 7) is 3.88. The normalized spacial score (nSPS) is 57.1. The van der Waals surface area contributed by atoms with Gasteiger partial charge in [0.05, 0.1) is 6.10 Å². The van der Waals surface area contributed by atoms with Crippen molar-refractivity contribution in [3.8, 4) is 0 Å². The first-order valence-electron chi connectivity index (χ1n) is 7.50. The summed E-state index contributed by atoms with van der Waals surface area (Å²) in [5.74, 6) is -1.05. The Kier molecular flexibility index (Phi) is 1.93. The highest BCUT2D eigenvalue weighted by atomic mass is 16.7. The van der Waals surface area contributed by atoms with E-state index in [0.717, 1.165) is 5.57 Å². The van der Waals surface area contributed by atoms with Crippen LogP contribution in [0.25, 0.3) is 0 Å². The van der Waals surface area contributed by atoms with Crippen LogP contribution in [0.1, 0.15) is 13.8 Å². The zero-order chi connectivity index (χ0) is 15.5. The van der Waals surface area contributed by atoms with Crippen LogP contribution in [-0.4, -0.2) is 47.6 Å². The molecular weight excluding hydrogens is 288 g/mol. The van der Waals surface area contributed by atoms with E-state index in [1.807, 2.05) is 13.0 Å². The fourth-order valence-corrected chi connectivity index (χ4v) is 5.15. The second kappa shape index (κ2) is 3.31. The third kappa shape index (κ3) is 1.08. The first-order valence-corrected chi connectivity index (χ1v) is 7.50. The van der Waals surface area contributed by atoms with Crippen molar-refractivity contribution in [2.45, 2.75) is 37.8 Å². The zero-order valence-electron chi connectivity index (χ0n) is 12.2. The number of esters is 2. The molecule has 0 aromatic rings. The Balaban J connectivity index is 1.78. The van der Waals surface area contributed by atoms with Crippen LogP contribution in [0.4, 0.5) is 0 Å². The molecule has 0 radical (unpaired) electrons. The minimum atomic E-state index is -1.02. The van der Waals surface area contributed by atoms with Crippen molar-refractivity contribution in [3.05, 3.63) is 23.8 Å². The number of hydrogen-bond donors (Lipinski definition) is 1. The number of aliphatic hydroxyl groups is 1. The van der Waals surface area contributed by atoms with E-state index in [-0.39, 0.29) is 24.6 Å². The summed E-state index contributed by atoms with van der Waals surface area (Å²) in [6, 6.07) is 0. The van der Waals surface area contributed by atoms with Gasteiger partial charge < -0.3 is 19.3 Å². The minimum absolute atomic E-state index is 0.159. The third-order valence-electron chi connectivity index (χ3n) is 6.31. The maximum Gasteiger partial charge on any atom is 0.330 e. The van der Waals surface area contributed by atoms with Crippen molar-refractivity contribution < 1.29 is 28.9 Å². The molecule has 3 fully saturated rings. The molecule has 1 unspecified atom stereocenters. The average molecular weight is 304 g/mol. The first kappa shape index (κ1) is 12.8. The molecule has 6 nitrogen and oxygen atoms in total. The monoisotopic (exact) mass is 304 g/mol. The van der Waals surface area contributed by atoms with Gasteiger partial charge in [-0.3, -0.25) is 4.79 Å². The number of cyclic esters (lactones) is 1. The summed E-state index contributed by atoms with van der Waals surface area (Å²) in [7, 11) is 0. The van der Waals surface area contributed by atoms with E-state index in [1.165, 1.54) is 6.08 Å². The molecule has 0 aromatic heterocycles. The van der Waals surface area contributed by atoms with Gasteiger partial charge in [0, 0.05) is 17.4 Å². The Morgan fingerprint density at radius 3 is 2.86 bits per heavy atom.